The molecule has 4 rings (SSSR count). The van der Waals surface area contributed by atoms with Crippen LogP contribution in [0.2, 0.25) is 0 Å². The van der Waals surface area contributed by atoms with E-state index in [2.05, 4.69) is 40.7 Å². The van der Waals surface area contributed by atoms with Gasteiger partial charge in [0.25, 0.3) is 0 Å². The number of hydrogen-bond donors (Lipinski definition) is 0. The van der Waals surface area contributed by atoms with Crippen LogP contribution >= 0.6 is 11.6 Å². The molecule has 0 amide bonds. The summed E-state index contributed by atoms with van der Waals surface area (Å²) in [6.07, 6.45) is 18.0. The fraction of sp³-hybridized carbons (Fsp3) is 0.926. The van der Waals surface area contributed by atoms with Crippen molar-refractivity contribution in [1.82, 2.24) is 0 Å². The summed E-state index contributed by atoms with van der Waals surface area (Å²) in [5.74, 6) is 5.62. The van der Waals surface area contributed by atoms with Crippen molar-refractivity contribution >= 4 is 11.6 Å². The van der Waals surface area contributed by atoms with E-state index in [0.717, 1.165) is 35.5 Å². The topological polar surface area (TPSA) is 0 Å². The van der Waals surface area contributed by atoms with E-state index in [1.165, 1.54) is 70.6 Å². The quantitative estimate of drug-likeness (QED) is 0.317. The Morgan fingerprint density at radius 3 is 2.54 bits per heavy atom. The minimum absolute atomic E-state index is 0.396. The van der Waals surface area contributed by atoms with Gasteiger partial charge in [-0.3, -0.25) is 0 Å². The molecule has 0 aromatic rings. The van der Waals surface area contributed by atoms with Crippen LogP contribution in [0.3, 0.4) is 0 Å². The van der Waals surface area contributed by atoms with E-state index in [9.17, 15) is 0 Å². The summed E-state index contributed by atoms with van der Waals surface area (Å²) in [7, 11) is 0. The zero-order chi connectivity index (χ0) is 20.1. The normalized spacial score (nSPS) is 46.5. The number of rotatable bonds is 5. The molecule has 3 fully saturated rings. The van der Waals surface area contributed by atoms with Crippen LogP contribution in [0.1, 0.15) is 105 Å². The maximum atomic E-state index is 6.56. The lowest BCUT2D eigenvalue weighted by atomic mass is 9.47. The molecule has 0 aromatic carbocycles. The molecule has 0 N–H and O–H groups in total. The fourth-order valence-corrected chi connectivity index (χ4v) is 8.92. The molecule has 4 aliphatic rings. The zero-order valence-corrected chi connectivity index (χ0v) is 20.0. The van der Waals surface area contributed by atoms with Crippen molar-refractivity contribution in [3.8, 4) is 0 Å². The maximum Gasteiger partial charge on any atom is 0.0373 e. The first-order valence-corrected chi connectivity index (χ1v) is 13.0. The average Bonchev–Trinajstić information content (AvgIpc) is 2.99. The molecule has 160 valence electrons. The van der Waals surface area contributed by atoms with E-state index in [-0.39, 0.29) is 0 Å². The van der Waals surface area contributed by atoms with Crippen LogP contribution in [0.15, 0.2) is 11.6 Å². The highest BCUT2D eigenvalue weighted by molar-refractivity contribution is 6.20. The molecule has 0 aromatic heterocycles. The highest BCUT2D eigenvalue weighted by Crippen LogP contribution is 2.67. The monoisotopic (exact) mass is 404 g/mol. The second kappa shape index (κ2) is 7.94. The van der Waals surface area contributed by atoms with Crippen LogP contribution in [0.25, 0.3) is 0 Å². The molecular weight excluding hydrogens is 360 g/mol. The van der Waals surface area contributed by atoms with Gasteiger partial charge in [-0.15, -0.1) is 11.6 Å². The summed E-state index contributed by atoms with van der Waals surface area (Å²) in [5.41, 5.74) is 2.82. The maximum absolute atomic E-state index is 6.56. The minimum Gasteiger partial charge on any atom is -0.123 e. The summed E-state index contributed by atoms with van der Waals surface area (Å²) in [6, 6.07) is 0. The smallest absolute Gasteiger partial charge is 0.0373 e. The van der Waals surface area contributed by atoms with Crippen LogP contribution in [-0.2, 0) is 0 Å². The van der Waals surface area contributed by atoms with E-state index in [4.69, 9.17) is 11.6 Å². The Morgan fingerprint density at radius 1 is 1.00 bits per heavy atom. The summed E-state index contributed by atoms with van der Waals surface area (Å²) in [4.78, 5) is 0. The molecule has 0 radical (unpaired) electrons. The zero-order valence-electron chi connectivity index (χ0n) is 19.3. The Morgan fingerprint density at radius 2 is 1.79 bits per heavy atom. The molecule has 28 heavy (non-hydrogen) atoms. The van der Waals surface area contributed by atoms with Crippen molar-refractivity contribution in [1.29, 1.82) is 0 Å². The second-order valence-corrected chi connectivity index (χ2v) is 12.7. The van der Waals surface area contributed by atoms with Gasteiger partial charge in [0.15, 0.2) is 0 Å². The lowest BCUT2D eigenvalue weighted by Gasteiger charge is -2.58. The number of allylic oxidation sites excluding steroid dienone is 2. The second-order valence-electron chi connectivity index (χ2n) is 12.1. The highest BCUT2D eigenvalue weighted by Gasteiger charge is 2.58. The molecule has 8 atom stereocenters. The summed E-state index contributed by atoms with van der Waals surface area (Å²) >= 11 is 6.56. The van der Waals surface area contributed by atoms with Crippen LogP contribution in [-0.4, -0.2) is 5.38 Å². The van der Waals surface area contributed by atoms with Crippen molar-refractivity contribution < 1.29 is 0 Å². The van der Waals surface area contributed by atoms with Crippen molar-refractivity contribution in [2.75, 3.05) is 0 Å². The van der Waals surface area contributed by atoms with Crippen molar-refractivity contribution in [2.24, 2.45) is 46.3 Å². The van der Waals surface area contributed by atoms with Crippen LogP contribution < -0.4 is 0 Å². The van der Waals surface area contributed by atoms with E-state index >= 15 is 0 Å². The largest absolute Gasteiger partial charge is 0.123 e. The number of halogens is 1. The molecule has 0 unspecified atom stereocenters. The standard InChI is InChI=1S/C27H45Cl/c1-18(2)7-6-8-19(3)23-11-12-24-22-10-9-20-17-21(28)13-15-26(20,4)25(22)14-16-27(23,24)5/h9,18-19,21-25H,6-8,10-17H2,1-5H3/t19-,21+,22+,23+,24-,25-,26+,27-/m1/s1. The first kappa shape index (κ1) is 21.3. The third-order valence-electron chi connectivity index (χ3n) is 10.2. The van der Waals surface area contributed by atoms with Crippen LogP contribution in [0, 0.1) is 46.3 Å². The first-order valence-electron chi connectivity index (χ1n) is 12.6. The molecule has 0 nitrogen and oxygen atoms in total. The molecule has 1 heteroatoms. The summed E-state index contributed by atoms with van der Waals surface area (Å²) in [5, 5.41) is 0.396. The van der Waals surface area contributed by atoms with Crippen molar-refractivity contribution in [3.05, 3.63) is 11.6 Å². The van der Waals surface area contributed by atoms with Gasteiger partial charge in [0.1, 0.15) is 0 Å². The lowest BCUT2D eigenvalue weighted by Crippen LogP contribution is -2.50. The van der Waals surface area contributed by atoms with Crippen molar-refractivity contribution in [2.45, 2.75) is 111 Å². The van der Waals surface area contributed by atoms with Gasteiger partial charge < -0.3 is 0 Å². The minimum atomic E-state index is 0.396. The van der Waals surface area contributed by atoms with E-state index in [1.54, 1.807) is 5.57 Å². The van der Waals surface area contributed by atoms with E-state index < -0.39 is 0 Å². The third kappa shape index (κ3) is 3.52. The van der Waals surface area contributed by atoms with Gasteiger partial charge in [0, 0.05) is 5.38 Å². The number of hydrogen-bond acceptors (Lipinski definition) is 0. The molecule has 0 bridgehead atoms. The van der Waals surface area contributed by atoms with Crippen molar-refractivity contribution in [3.63, 3.8) is 0 Å². The van der Waals surface area contributed by atoms with Gasteiger partial charge in [-0.1, -0.05) is 65.5 Å². The van der Waals surface area contributed by atoms with Gasteiger partial charge in [0.05, 0.1) is 0 Å². The Kier molecular flexibility index (Phi) is 6.03. The molecule has 3 saturated carbocycles. The van der Waals surface area contributed by atoms with E-state index in [0.29, 0.717) is 16.2 Å². The van der Waals surface area contributed by atoms with Gasteiger partial charge in [-0.05, 0) is 97.7 Å². The van der Waals surface area contributed by atoms with Gasteiger partial charge in [-0.25, -0.2) is 0 Å². The Bertz CT molecular complexity index is 591. The predicted octanol–water partition coefficient (Wildman–Crippen LogP) is 8.64. The predicted molar refractivity (Wildman–Crippen MR) is 123 cm³/mol. The Labute approximate surface area is 180 Å². The number of fused-ring (bicyclic) bond motifs is 5. The van der Waals surface area contributed by atoms with Gasteiger partial charge in [0.2, 0.25) is 0 Å². The number of alkyl halides is 1. The molecule has 0 saturated heterocycles. The lowest BCUT2D eigenvalue weighted by molar-refractivity contribution is -0.0498. The summed E-state index contributed by atoms with van der Waals surface area (Å²) in [6.45, 7) is 12.7. The Balaban J connectivity index is 1.49. The SMILES string of the molecule is CC(C)CCC[C@@H](C)[C@@H]1CC[C@@H]2[C@@H]3CC=C4C[C@@H](Cl)CC[C@]4(C)[C@@H]3CC[C@@]21C. The van der Waals surface area contributed by atoms with Gasteiger partial charge >= 0.3 is 0 Å². The molecular formula is C27H45Cl. The van der Waals surface area contributed by atoms with Crippen LogP contribution in [0.4, 0.5) is 0 Å². The molecule has 0 aliphatic heterocycles. The third-order valence-corrected chi connectivity index (χ3v) is 10.6. The van der Waals surface area contributed by atoms with Gasteiger partial charge in [-0.2, -0.15) is 0 Å². The average molecular weight is 405 g/mol. The Hall–Kier alpha value is 0.0300. The molecule has 0 spiro atoms. The first-order chi connectivity index (χ1) is 13.3. The molecule has 4 aliphatic carbocycles. The fourth-order valence-electron chi connectivity index (χ4n) is 8.64. The van der Waals surface area contributed by atoms with Crippen LogP contribution in [0.5, 0.6) is 0 Å². The van der Waals surface area contributed by atoms with E-state index in [1.807, 2.05) is 0 Å². The summed E-state index contributed by atoms with van der Waals surface area (Å²) < 4.78 is 0. The highest BCUT2D eigenvalue weighted by atomic mass is 35.5. The molecule has 0 heterocycles.